The predicted molar refractivity (Wildman–Crippen MR) is 127 cm³/mol. The molecule has 0 aromatic heterocycles. The van der Waals surface area contributed by atoms with Crippen LogP contribution in [0.15, 0.2) is 124 Å². The molecule has 0 saturated heterocycles. The van der Waals surface area contributed by atoms with Gasteiger partial charge in [0, 0.05) is 0 Å². The summed E-state index contributed by atoms with van der Waals surface area (Å²) in [4.78, 5) is 0.504. The Balaban J connectivity index is 1.65. The van der Waals surface area contributed by atoms with Gasteiger partial charge in [0.05, 0.1) is 14.7 Å². The molecule has 33 heavy (non-hydrogen) atoms. The fraction of sp³-hybridized carbons (Fsp3) is 0. The first-order valence-corrected chi connectivity index (χ1v) is 12.9. The highest BCUT2D eigenvalue weighted by Crippen LogP contribution is 2.24. The molecule has 168 valence electrons. The van der Waals surface area contributed by atoms with Gasteiger partial charge in [0.2, 0.25) is 33.2 Å². The van der Waals surface area contributed by atoms with E-state index in [1.54, 1.807) is 72.8 Å². The van der Waals surface area contributed by atoms with Gasteiger partial charge in [-0.15, -0.1) is 0 Å². The highest BCUT2D eigenvalue weighted by molar-refractivity contribution is 7.82. The summed E-state index contributed by atoms with van der Waals surface area (Å²) in [5, 5.41) is 0. The first-order valence-electron chi connectivity index (χ1n) is 9.69. The molecule has 0 aliphatic heterocycles. The molecule has 0 N–H and O–H groups in total. The van der Waals surface area contributed by atoms with Crippen LogP contribution in [0.1, 0.15) is 0 Å². The van der Waals surface area contributed by atoms with Crippen molar-refractivity contribution in [1.82, 2.24) is 0 Å². The summed E-state index contributed by atoms with van der Waals surface area (Å²) in [6.45, 7) is 0. The fourth-order valence-corrected chi connectivity index (χ4v) is 5.38. The van der Waals surface area contributed by atoms with Crippen LogP contribution >= 0.6 is 0 Å². The fourth-order valence-electron chi connectivity index (χ4n) is 2.67. The Morgan fingerprint density at radius 1 is 0.394 bits per heavy atom. The highest BCUT2D eigenvalue weighted by atomic mass is 32.2. The molecule has 0 aliphatic carbocycles. The van der Waals surface area contributed by atoms with Gasteiger partial charge in [-0.1, -0.05) is 54.6 Å². The van der Waals surface area contributed by atoms with E-state index in [-0.39, 0.29) is 14.7 Å². The maximum absolute atomic E-state index is 12.9. The summed E-state index contributed by atoms with van der Waals surface area (Å²) in [5.74, 6) is 1.18. The lowest BCUT2D eigenvalue weighted by Crippen LogP contribution is -2.08. The van der Waals surface area contributed by atoms with E-state index in [4.69, 9.17) is 12.5 Å². The maximum atomic E-state index is 12.9. The zero-order chi connectivity index (χ0) is 23.0. The minimum absolute atomic E-state index is 0.168. The number of benzene rings is 4. The first kappa shape index (κ1) is 22.9. The Bertz CT molecular complexity index is 1110. The summed E-state index contributed by atoms with van der Waals surface area (Å²) in [6.07, 6.45) is 0. The van der Waals surface area contributed by atoms with Gasteiger partial charge >= 0.3 is 0 Å². The molecule has 6 nitrogen and oxygen atoms in total. The number of hydrogen-bond acceptors (Lipinski definition) is 6. The molecule has 0 aliphatic rings. The Morgan fingerprint density at radius 2 is 0.636 bits per heavy atom. The molecule has 0 fully saturated rings. The van der Waals surface area contributed by atoms with Crippen LogP contribution in [0.25, 0.3) is 0 Å². The van der Waals surface area contributed by atoms with Crippen molar-refractivity contribution in [3.63, 3.8) is 0 Å². The predicted octanol–water partition coefficient (Wildman–Crippen LogP) is 4.99. The summed E-state index contributed by atoms with van der Waals surface area (Å²) >= 11 is -5.88. The van der Waals surface area contributed by atoms with Gasteiger partial charge < -0.3 is 12.5 Å². The maximum Gasteiger partial charge on any atom is 0.240 e. The molecule has 0 saturated carbocycles. The molecule has 0 bridgehead atoms. The zero-order valence-corrected chi connectivity index (χ0v) is 19.5. The molecule has 9 heteroatoms. The van der Waals surface area contributed by atoms with Crippen molar-refractivity contribution in [3.05, 3.63) is 109 Å². The Labute approximate surface area is 199 Å². The van der Waals surface area contributed by atoms with Crippen molar-refractivity contribution in [2.45, 2.75) is 14.7 Å². The third-order valence-electron chi connectivity index (χ3n) is 4.18. The van der Waals surface area contributed by atoms with E-state index in [0.717, 1.165) is 0 Å². The molecule has 4 rings (SSSR count). The van der Waals surface area contributed by atoms with Crippen LogP contribution in [0.4, 0.5) is 0 Å². The van der Waals surface area contributed by atoms with E-state index < -0.39 is 33.2 Å². The van der Waals surface area contributed by atoms with E-state index in [9.17, 15) is 12.6 Å². The Kier molecular flexibility index (Phi) is 7.66. The van der Waals surface area contributed by atoms with Crippen molar-refractivity contribution in [2.75, 3.05) is 0 Å². The van der Waals surface area contributed by atoms with Crippen LogP contribution in [0, 0.1) is 0 Å². The van der Waals surface area contributed by atoms with Crippen molar-refractivity contribution in [3.8, 4) is 17.2 Å². The molecule has 3 atom stereocenters. The van der Waals surface area contributed by atoms with Gasteiger partial charge in [0.25, 0.3) is 0 Å². The summed E-state index contributed by atoms with van der Waals surface area (Å²) in [6, 6.07) is 30.2. The van der Waals surface area contributed by atoms with Gasteiger partial charge in [-0.2, -0.15) is 0 Å². The molecule has 0 spiro atoms. The quantitative estimate of drug-likeness (QED) is 0.323. The average molecular weight is 499 g/mol. The van der Waals surface area contributed by atoms with Crippen molar-refractivity contribution in [2.24, 2.45) is 0 Å². The van der Waals surface area contributed by atoms with Crippen LogP contribution in [-0.2, 0) is 33.2 Å². The number of hydrogen-bond donors (Lipinski definition) is 0. The van der Waals surface area contributed by atoms with E-state index in [1.165, 1.54) is 18.2 Å². The largest absolute Gasteiger partial charge is 0.397 e. The summed E-state index contributed by atoms with van der Waals surface area (Å²) in [5.41, 5.74) is 0. The third kappa shape index (κ3) is 6.38. The SMILES string of the molecule is O=S(Oc1ccccc1)c1cc(S(=O)Oc2ccccc2)cc(S(=O)Oc2ccccc2)c1. The van der Waals surface area contributed by atoms with Crippen LogP contribution in [-0.4, -0.2) is 12.6 Å². The third-order valence-corrected chi connectivity index (χ3v) is 7.07. The van der Waals surface area contributed by atoms with Gasteiger partial charge in [0.15, 0.2) is 0 Å². The van der Waals surface area contributed by atoms with Crippen LogP contribution in [0.3, 0.4) is 0 Å². The Hall–Kier alpha value is -3.27. The van der Waals surface area contributed by atoms with E-state index >= 15 is 0 Å². The molecule has 3 unspecified atom stereocenters. The van der Waals surface area contributed by atoms with Crippen molar-refractivity contribution >= 4 is 33.2 Å². The first-order chi connectivity index (χ1) is 16.1. The van der Waals surface area contributed by atoms with Gasteiger partial charge in [-0.3, -0.25) is 0 Å². The average Bonchev–Trinajstić information content (AvgIpc) is 2.85. The van der Waals surface area contributed by atoms with Crippen LogP contribution in [0.2, 0.25) is 0 Å². The van der Waals surface area contributed by atoms with Gasteiger partial charge in [-0.25, -0.2) is 12.6 Å². The summed E-state index contributed by atoms with van der Waals surface area (Å²) in [7, 11) is 0. The molecule has 0 heterocycles. The van der Waals surface area contributed by atoms with Gasteiger partial charge in [-0.05, 0) is 54.6 Å². The smallest absolute Gasteiger partial charge is 0.240 e. The van der Waals surface area contributed by atoms with E-state index in [0.29, 0.717) is 17.2 Å². The van der Waals surface area contributed by atoms with Crippen molar-refractivity contribution in [1.29, 1.82) is 0 Å². The zero-order valence-electron chi connectivity index (χ0n) is 17.1. The van der Waals surface area contributed by atoms with E-state index in [2.05, 4.69) is 0 Å². The molecular formula is C24H18O6S3. The second-order valence-electron chi connectivity index (χ2n) is 6.53. The lowest BCUT2D eigenvalue weighted by Gasteiger charge is -2.11. The lowest BCUT2D eigenvalue weighted by atomic mass is 10.3. The van der Waals surface area contributed by atoms with Gasteiger partial charge in [0.1, 0.15) is 17.2 Å². The second kappa shape index (κ2) is 11.0. The standard InChI is InChI=1S/C24H18O6S3/c25-31(28-19-10-4-1-5-11-19)22-16-23(32(26)29-20-12-6-2-7-13-20)18-24(17-22)33(27)30-21-14-8-3-9-15-21/h1-18H. The number of para-hydroxylation sites is 3. The molecule has 0 amide bonds. The molecule has 4 aromatic rings. The van der Waals surface area contributed by atoms with Crippen LogP contribution < -0.4 is 12.5 Å². The van der Waals surface area contributed by atoms with Crippen LogP contribution in [0.5, 0.6) is 17.2 Å². The minimum atomic E-state index is -1.96. The highest BCUT2D eigenvalue weighted by Gasteiger charge is 2.18. The molecule has 4 aromatic carbocycles. The normalized spacial score (nSPS) is 13.5. The Morgan fingerprint density at radius 3 is 0.879 bits per heavy atom. The second-order valence-corrected chi connectivity index (χ2v) is 9.86. The van der Waals surface area contributed by atoms with Crippen molar-refractivity contribution < 1.29 is 25.2 Å². The topological polar surface area (TPSA) is 78.9 Å². The number of rotatable bonds is 9. The summed E-state index contributed by atoms with van der Waals surface area (Å²) < 4.78 is 55.2. The van der Waals surface area contributed by atoms with E-state index in [1.807, 2.05) is 18.2 Å². The molecular weight excluding hydrogens is 480 g/mol. The monoisotopic (exact) mass is 498 g/mol. The minimum Gasteiger partial charge on any atom is -0.397 e. The molecule has 0 radical (unpaired) electrons. The lowest BCUT2D eigenvalue weighted by molar-refractivity contribution is 0.556.